The van der Waals surface area contributed by atoms with Gasteiger partial charge in [-0.05, 0) is 67.0 Å². The van der Waals surface area contributed by atoms with Crippen molar-refractivity contribution in [1.82, 2.24) is 0 Å². The van der Waals surface area contributed by atoms with Crippen LogP contribution < -0.4 is 5.73 Å². The molecule has 8 nitrogen and oxygen atoms in total. The number of carbonyl (C=O) groups excluding carboxylic acids is 2. The molecule has 0 saturated carbocycles. The second-order valence-electron chi connectivity index (χ2n) is 8.55. The summed E-state index contributed by atoms with van der Waals surface area (Å²) in [6.45, 7) is 12.5. The van der Waals surface area contributed by atoms with Crippen molar-refractivity contribution in [3.05, 3.63) is 29.8 Å². The van der Waals surface area contributed by atoms with Gasteiger partial charge in [-0.15, -0.1) is 0 Å². The quantitative estimate of drug-likeness (QED) is 0.537. The van der Waals surface area contributed by atoms with Gasteiger partial charge >= 0.3 is 11.9 Å². The SMILES string of the molecule is CC(C)(C)OC(=O)CC[C@H](N)C(=O)OC(C)(C)C.Cc1ccc(S(=O)(=O)O)cc1. The van der Waals surface area contributed by atoms with E-state index in [9.17, 15) is 18.0 Å². The molecule has 0 aliphatic rings. The highest BCUT2D eigenvalue weighted by Gasteiger charge is 2.24. The Labute approximate surface area is 173 Å². The van der Waals surface area contributed by atoms with Crippen LogP contribution in [0.1, 0.15) is 59.9 Å². The summed E-state index contributed by atoms with van der Waals surface area (Å²) in [5, 5.41) is 0. The molecular weight excluding hydrogens is 398 g/mol. The topological polar surface area (TPSA) is 133 Å². The van der Waals surface area contributed by atoms with Crippen molar-refractivity contribution in [2.75, 3.05) is 0 Å². The van der Waals surface area contributed by atoms with Gasteiger partial charge in [-0.3, -0.25) is 14.1 Å². The highest BCUT2D eigenvalue weighted by atomic mass is 32.2. The lowest BCUT2D eigenvalue weighted by molar-refractivity contribution is -0.157. The minimum atomic E-state index is -4.02. The summed E-state index contributed by atoms with van der Waals surface area (Å²) in [4.78, 5) is 22.9. The Bertz CT molecular complexity index is 773. The van der Waals surface area contributed by atoms with Crippen LogP contribution >= 0.6 is 0 Å². The summed E-state index contributed by atoms with van der Waals surface area (Å²) in [6.07, 6.45) is 0.335. The minimum absolute atomic E-state index is 0.0666. The van der Waals surface area contributed by atoms with E-state index in [1.165, 1.54) is 12.1 Å². The van der Waals surface area contributed by atoms with Crippen LogP contribution in [0.25, 0.3) is 0 Å². The van der Waals surface area contributed by atoms with Crippen LogP contribution in [0, 0.1) is 6.92 Å². The molecule has 0 bridgehead atoms. The van der Waals surface area contributed by atoms with Crippen LogP contribution in [0.15, 0.2) is 29.2 Å². The summed E-state index contributed by atoms with van der Waals surface area (Å²) in [5.74, 6) is -0.854. The lowest BCUT2D eigenvalue weighted by Crippen LogP contribution is -2.38. The van der Waals surface area contributed by atoms with Crippen molar-refractivity contribution in [2.45, 2.75) is 83.4 Å². The first-order chi connectivity index (χ1) is 12.9. The minimum Gasteiger partial charge on any atom is -0.460 e. The molecule has 166 valence electrons. The first kappa shape index (κ1) is 27.0. The Morgan fingerprint density at radius 2 is 1.45 bits per heavy atom. The van der Waals surface area contributed by atoms with Crippen LogP contribution in [0.3, 0.4) is 0 Å². The zero-order valence-corrected chi connectivity index (χ0v) is 19.0. The second kappa shape index (κ2) is 10.7. The lowest BCUT2D eigenvalue weighted by atomic mass is 10.1. The van der Waals surface area contributed by atoms with Gasteiger partial charge in [0.2, 0.25) is 0 Å². The molecule has 1 aromatic carbocycles. The molecule has 1 rings (SSSR count). The van der Waals surface area contributed by atoms with Crippen molar-refractivity contribution in [3.63, 3.8) is 0 Å². The predicted molar refractivity (Wildman–Crippen MR) is 110 cm³/mol. The number of esters is 2. The Kier molecular flexibility index (Phi) is 9.98. The van der Waals surface area contributed by atoms with Crippen molar-refractivity contribution >= 4 is 22.1 Å². The third kappa shape index (κ3) is 13.8. The highest BCUT2D eigenvalue weighted by molar-refractivity contribution is 7.85. The van der Waals surface area contributed by atoms with E-state index in [4.69, 9.17) is 19.8 Å². The molecule has 0 aliphatic carbocycles. The largest absolute Gasteiger partial charge is 0.460 e. The Hall–Kier alpha value is -1.97. The number of aryl methyl sites for hydroxylation is 1. The maximum absolute atomic E-state index is 11.6. The maximum atomic E-state index is 11.6. The molecule has 0 saturated heterocycles. The molecular formula is C20H33NO7S. The van der Waals surface area contributed by atoms with E-state index in [-0.39, 0.29) is 23.7 Å². The fourth-order valence-corrected chi connectivity index (χ4v) is 2.35. The third-order valence-corrected chi connectivity index (χ3v) is 3.98. The molecule has 1 aromatic rings. The van der Waals surface area contributed by atoms with Gasteiger partial charge in [-0.1, -0.05) is 17.7 Å². The highest BCUT2D eigenvalue weighted by Crippen LogP contribution is 2.12. The van der Waals surface area contributed by atoms with E-state index in [1.54, 1.807) is 53.7 Å². The van der Waals surface area contributed by atoms with E-state index in [1.807, 2.05) is 6.92 Å². The molecule has 3 N–H and O–H groups in total. The van der Waals surface area contributed by atoms with Crippen molar-refractivity contribution in [3.8, 4) is 0 Å². The molecule has 29 heavy (non-hydrogen) atoms. The molecule has 0 unspecified atom stereocenters. The summed E-state index contributed by atoms with van der Waals surface area (Å²) >= 11 is 0. The van der Waals surface area contributed by atoms with Crippen LogP contribution in [0.5, 0.6) is 0 Å². The summed E-state index contributed by atoms with van der Waals surface area (Å²) in [6, 6.07) is 5.19. The van der Waals surface area contributed by atoms with E-state index >= 15 is 0 Å². The fourth-order valence-electron chi connectivity index (χ4n) is 1.87. The molecule has 0 amide bonds. The molecule has 0 heterocycles. The Morgan fingerprint density at radius 3 is 1.83 bits per heavy atom. The van der Waals surface area contributed by atoms with E-state index < -0.39 is 33.3 Å². The first-order valence-corrected chi connectivity index (χ1v) is 10.6. The average Bonchev–Trinajstić information content (AvgIpc) is 2.49. The predicted octanol–water partition coefficient (Wildman–Crippen LogP) is 3.02. The molecule has 0 spiro atoms. The van der Waals surface area contributed by atoms with Crippen LogP contribution in [0.4, 0.5) is 0 Å². The molecule has 0 radical (unpaired) electrons. The van der Waals surface area contributed by atoms with E-state index in [0.29, 0.717) is 0 Å². The lowest BCUT2D eigenvalue weighted by Gasteiger charge is -2.22. The fraction of sp³-hybridized carbons (Fsp3) is 0.600. The van der Waals surface area contributed by atoms with Crippen molar-refractivity contribution in [1.29, 1.82) is 0 Å². The molecule has 0 aliphatic heterocycles. The first-order valence-electron chi connectivity index (χ1n) is 9.15. The average molecular weight is 432 g/mol. The van der Waals surface area contributed by atoms with Crippen LogP contribution in [-0.2, 0) is 29.2 Å². The number of ether oxygens (including phenoxy) is 2. The molecule has 0 aromatic heterocycles. The zero-order valence-electron chi connectivity index (χ0n) is 18.2. The van der Waals surface area contributed by atoms with Gasteiger partial charge < -0.3 is 15.2 Å². The van der Waals surface area contributed by atoms with Crippen LogP contribution in [-0.4, -0.2) is 42.2 Å². The Morgan fingerprint density at radius 1 is 1.00 bits per heavy atom. The number of carbonyl (C=O) groups is 2. The Balaban J connectivity index is 0.000000604. The van der Waals surface area contributed by atoms with Gasteiger partial charge in [0.1, 0.15) is 17.2 Å². The summed E-state index contributed by atoms with van der Waals surface area (Å²) in [5.41, 5.74) is 5.52. The maximum Gasteiger partial charge on any atom is 0.323 e. The van der Waals surface area contributed by atoms with Gasteiger partial charge in [0, 0.05) is 6.42 Å². The van der Waals surface area contributed by atoms with E-state index in [2.05, 4.69) is 0 Å². The summed E-state index contributed by atoms with van der Waals surface area (Å²) < 4.78 is 39.8. The number of nitrogens with two attached hydrogens (primary N) is 1. The summed E-state index contributed by atoms with van der Waals surface area (Å²) in [7, 11) is -4.02. The van der Waals surface area contributed by atoms with Gasteiger partial charge in [0.15, 0.2) is 0 Å². The van der Waals surface area contributed by atoms with E-state index in [0.717, 1.165) is 5.56 Å². The van der Waals surface area contributed by atoms with Crippen LogP contribution in [0.2, 0.25) is 0 Å². The molecule has 9 heteroatoms. The number of rotatable bonds is 5. The normalized spacial score (nSPS) is 13.0. The smallest absolute Gasteiger partial charge is 0.323 e. The standard InChI is InChI=1S/C13H25NO4.C7H8O3S/c1-12(2,3)17-10(15)8-7-9(14)11(16)18-13(4,5)6;1-6-2-4-7(5-3-6)11(8,9)10/h9H,7-8,14H2,1-6H3;2-5H,1H3,(H,8,9,10)/t9-;/m0./s1. The molecule has 1 atom stereocenters. The number of benzene rings is 1. The van der Waals surface area contributed by atoms with Gasteiger partial charge in [-0.2, -0.15) is 8.42 Å². The van der Waals surface area contributed by atoms with Gasteiger partial charge in [0.25, 0.3) is 10.1 Å². The third-order valence-electron chi connectivity index (χ3n) is 3.11. The molecule has 0 fully saturated rings. The number of hydrogen-bond donors (Lipinski definition) is 2. The number of hydrogen-bond acceptors (Lipinski definition) is 7. The van der Waals surface area contributed by atoms with Crippen molar-refractivity contribution < 1.29 is 32.0 Å². The zero-order chi connectivity index (χ0) is 23.0. The second-order valence-corrected chi connectivity index (χ2v) is 9.97. The van der Waals surface area contributed by atoms with Crippen molar-refractivity contribution in [2.24, 2.45) is 5.73 Å². The monoisotopic (exact) mass is 431 g/mol. The van der Waals surface area contributed by atoms with Gasteiger partial charge in [0.05, 0.1) is 4.90 Å². The van der Waals surface area contributed by atoms with Gasteiger partial charge in [-0.25, -0.2) is 0 Å².